The Balaban J connectivity index is 1.72. The molecule has 0 saturated heterocycles. The summed E-state index contributed by atoms with van der Waals surface area (Å²) in [4.78, 5) is 7.99. The van der Waals surface area contributed by atoms with Crippen molar-refractivity contribution in [2.45, 2.75) is 24.7 Å². The van der Waals surface area contributed by atoms with E-state index in [2.05, 4.69) is 21.4 Å². The normalized spacial score (nSPS) is 23.1. The topological polar surface area (TPSA) is 85.5 Å². The maximum Gasteiger partial charge on any atom is 0.135 e. The summed E-state index contributed by atoms with van der Waals surface area (Å²) >= 11 is 5.89. The van der Waals surface area contributed by atoms with Gasteiger partial charge in [0.05, 0.1) is 11.5 Å². The predicted octanol–water partition coefficient (Wildman–Crippen LogP) is 3.82. The number of hydrogen-bond donors (Lipinski definition) is 2. The number of anilines is 2. The summed E-state index contributed by atoms with van der Waals surface area (Å²) in [6.45, 7) is 0. The highest BCUT2D eigenvalue weighted by molar-refractivity contribution is 6.29. The monoisotopic (exact) mass is 323 g/mol. The molecule has 5 nitrogen and oxygen atoms in total. The second kappa shape index (κ2) is 4.77. The summed E-state index contributed by atoms with van der Waals surface area (Å²) < 4.78 is 0. The van der Waals surface area contributed by atoms with E-state index in [4.69, 9.17) is 17.0 Å². The van der Waals surface area contributed by atoms with Gasteiger partial charge < -0.3 is 10.7 Å². The van der Waals surface area contributed by atoms with E-state index in [1.807, 2.05) is 18.2 Å². The van der Waals surface area contributed by atoms with Crippen molar-refractivity contribution in [2.75, 3.05) is 5.32 Å². The van der Waals surface area contributed by atoms with Crippen LogP contribution in [-0.4, -0.2) is 16.2 Å². The molecule has 4 rings (SSSR count). The Morgan fingerprint density at radius 1 is 1.30 bits per heavy atom. The number of nitriles is 1. The highest BCUT2D eigenvalue weighted by atomic mass is 35.5. The highest BCUT2D eigenvalue weighted by Crippen LogP contribution is 2.78. The quantitative estimate of drug-likeness (QED) is 0.661. The Labute approximate surface area is 138 Å². The van der Waals surface area contributed by atoms with Crippen molar-refractivity contribution < 1.29 is 0 Å². The van der Waals surface area contributed by atoms with Crippen LogP contribution < -0.4 is 5.32 Å². The van der Waals surface area contributed by atoms with Crippen LogP contribution in [0.2, 0.25) is 5.15 Å². The fourth-order valence-electron chi connectivity index (χ4n) is 3.44. The van der Waals surface area contributed by atoms with E-state index >= 15 is 0 Å². The Kier molecular flexibility index (Phi) is 2.94. The van der Waals surface area contributed by atoms with Crippen LogP contribution in [0.15, 0.2) is 30.6 Å². The van der Waals surface area contributed by atoms with Crippen molar-refractivity contribution in [2.24, 2.45) is 5.41 Å². The first-order valence-electron chi connectivity index (χ1n) is 7.43. The molecular formula is C17H14ClN5. The van der Waals surface area contributed by atoms with Crippen LogP contribution in [0.25, 0.3) is 0 Å². The van der Waals surface area contributed by atoms with Crippen LogP contribution in [0.4, 0.5) is 11.5 Å². The zero-order chi connectivity index (χ0) is 16.1. The molecule has 1 aromatic heterocycles. The van der Waals surface area contributed by atoms with Gasteiger partial charge in [-0.3, -0.25) is 0 Å². The number of rotatable bonds is 4. The number of nitrogens with one attached hydrogen (secondary N) is 2. The third-order valence-corrected chi connectivity index (χ3v) is 5.23. The van der Waals surface area contributed by atoms with E-state index in [1.54, 1.807) is 6.07 Å². The molecule has 2 aromatic rings. The standard InChI is InChI=1S/C17H14ClN5/c18-14-6-15(22-10-21-14)23-13-5-12(2-1-11(13)7-19)17(9-20)8-16(17)3-4-16/h1-2,5-7,10,19H,3-4,8H2,(H,21,22,23). The van der Waals surface area contributed by atoms with Gasteiger partial charge in [-0.2, -0.15) is 5.26 Å². The van der Waals surface area contributed by atoms with Gasteiger partial charge in [0.15, 0.2) is 0 Å². The average molecular weight is 324 g/mol. The molecular weight excluding hydrogens is 310 g/mol. The van der Waals surface area contributed by atoms with E-state index in [9.17, 15) is 5.26 Å². The lowest BCUT2D eigenvalue weighted by Crippen LogP contribution is -2.09. The predicted molar refractivity (Wildman–Crippen MR) is 88.2 cm³/mol. The van der Waals surface area contributed by atoms with Crippen molar-refractivity contribution in [3.63, 3.8) is 0 Å². The third-order valence-electron chi connectivity index (χ3n) is 5.03. The second-order valence-electron chi connectivity index (χ2n) is 6.27. The molecule has 23 heavy (non-hydrogen) atoms. The van der Waals surface area contributed by atoms with Gasteiger partial charge in [-0.1, -0.05) is 23.7 Å². The van der Waals surface area contributed by atoms with Gasteiger partial charge in [0.2, 0.25) is 0 Å². The first-order chi connectivity index (χ1) is 11.1. The average Bonchev–Trinajstić information content (AvgIpc) is 3.46. The summed E-state index contributed by atoms with van der Waals surface area (Å²) in [5, 5.41) is 20.8. The van der Waals surface area contributed by atoms with Crippen LogP contribution in [0.5, 0.6) is 0 Å². The maximum absolute atomic E-state index is 9.68. The first kappa shape index (κ1) is 14.2. The lowest BCUT2D eigenvalue weighted by atomic mass is 9.92. The van der Waals surface area contributed by atoms with Gasteiger partial charge in [-0.25, -0.2) is 9.97 Å². The minimum atomic E-state index is -0.354. The summed E-state index contributed by atoms with van der Waals surface area (Å²) in [5.74, 6) is 0.563. The lowest BCUT2D eigenvalue weighted by Gasteiger charge is -2.14. The summed E-state index contributed by atoms with van der Waals surface area (Å²) in [5.41, 5.74) is 2.37. The minimum absolute atomic E-state index is 0.212. The Morgan fingerprint density at radius 3 is 2.74 bits per heavy atom. The molecule has 2 saturated carbocycles. The minimum Gasteiger partial charge on any atom is -0.340 e. The summed E-state index contributed by atoms with van der Waals surface area (Å²) in [7, 11) is 0. The molecule has 1 aromatic carbocycles. The van der Waals surface area contributed by atoms with E-state index < -0.39 is 0 Å². The Hall–Kier alpha value is -2.45. The molecule has 2 aliphatic carbocycles. The van der Waals surface area contributed by atoms with E-state index in [0.717, 1.165) is 36.1 Å². The molecule has 1 spiro atoms. The van der Waals surface area contributed by atoms with Crippen molar-refractivity contribution in [1.82, 2.24) is 9.97 Å². The first-order valence-corrected chi connectivity index (χ1v) is 7.81. The fourth-order valence-corrected chi connectivity index (χ4v) is 3.59. The highest BCUT2D eigenvalue weighted by Gasteiger charge is 2.75. The van der Waals surface area contributed by atoms with Crippen LogP contribution in [0.1, 0.15) is 30.4 Å². The van der Waals surface area contributed by atoms with Gasteiger partial charge in [0, 0.05) is 23.5 Å². The lowest BCUT2D eigenvalue weighted by molar-refractivity contribution is 0.738. The van der Waals surface area contributed by atoms with Crippen molar-refractivity contribution in [1.29, 1.82) is 10.7 Å². The van der Waals surface area contributed by atoms with Gasteiger partial charge in [-0.05, 0) is 36.3 Å². The summed E-state index contributed by atoms with van der Waals surface area (Å²) in [6, 6.07) is 9.96. The third kappa shape index (κ3) is 2.10. The van der Waals surface area contributed by atoms with Crippen LogP contribution >= 0.6 is 11.6 Å². The molecule has 2 fully saturated rings. The molecule has 0 amide bonds. The number of nitrogens with zero attached hydrogens (tertiary/aromatic N) is 3. The van der Waals surface area contributed by atoms with Gasteiger partial charge in [-0.15, -0.1) is 0 Å². The fraction of sp³-hybridized carbons (Fsp3) is 0.294. The molecule has 1 heterocycles. The second-order valence-corrected chi connectivity index (χ2v) is 6.66. The number of hydrogen-bond acceptors (Lipinski definition) is 5. The Morgan fingerprint density at radius 2 is 2.13 bits per heavy atom. The number of halogens is 1. The molecule has 2 N–H and O–H groups in total. The van der Waals surface area contributed by atoms with Gasteiger partial charge >= 0.3 is 0 Å². The maximum atomic E-state index is 9.68. The van der Waals surface area contributed by atoms with Gasteiger partial charge in [0.1, 0.15) is 17.3 Å². The van der Waals surface area contributed by atoms with Crippen molar-refractivity contribution >= 4 is 29.3 Å². The van der Waals surface area contributed by atoms with Crippen LogP contribution in [0.3, 0.4) is 0 Å². The zero-order valence-corrected chi connectivity index (χ0v) is 13.1. The molecule has 0 aliphatic heterocycles. The Bertz CT molecular complexity index is 852. The molecule has 6 heteroatoms. The number of benzene rings is 1. The van der Waals surface area contributed by atoms with Crippen molar-refractivity contribution in [3.8, 4) is 6.07 Å². The number of aromatic nitrogens is 2. The van der Waals surface area contributed by atoms with E-state index in [-0.39, 0.29) is 10.8 Å². The molecule has 2 aliphatic rings. The smallest absolute Gasteiger partial charge is 0.135 e. The largest absolute Gasteiger partial charge is 0.340 e. The molecule has 0 radical (unpaired) electrons. The SMILES string of the molecule is N#CC1(c2ccc(C=N)c(Nc3cc(Cl)ncn3)c2)CC12CC2. The molecule has 0 bridgehead atoms. The molecule has 114 valence electrons. The molecule has 1 atom stereocenters. The van der Waals surface area contributed by atoms with Crippen LogP contribution in [0, 0.1) is 22.2 Å². The van der Waals surface area contributed by atoms with Crippen molar-refractivity contribution in [3.05, 3.63) is 46.9 Å². The zero-order valence-electron chi connectivity index (χ0n) is 12.3. The molecule has 1 unspecified atom stereocenters. The van der Waals surface area contributed by atoms with Crippen LogP contribution in [-0.2, 0) is 5.41 Å². The van der Waals surface area contributed by atoms with E-state index in [0.29, 0.717) is 11.0 Å². The summed E-state index contributed by atoms with van der Waals surface area (Å²) in [6.07, 6.45) is 5.89. The van der Waals surface area contributed by atoms with E-state index in [1.165, 1.54) is 12.5 Å². The van der Waals surface area contributed by atoms with Gasteiger partial charge in [0.25, 0.3) is 0 Å².